The molecule has 1 aromatic rings. The number of anilines is 1. The van der Waals surface area contributed by atoms with Gasteiger partial charge >= 0.3 is 0 Å². The van der Waals surface area contributed by atoms with Gasteiger partial charge in [0.15, 0.2) is 0 Å². The van der Waals surface area contributed by atoms with Crippen molar-refractivity contribution < 1.29 is 0 Å². The number of hydrogen-bond acceptors (Lipinski definition) is 3. The topological polar surface area (TPSA) is 33.1 Å². The van der Waals surface area contributed by atoms with Gasteiger partial charge in [0.25, 0.3) is 0 Å². The van der Waals surface area contributed by atoms with E-state index in [0.717, 1.165) is 24.7 Å². The highest BCUT2D eigenvalue weighted by molar-refractivity contribution is 5.51. The highest BCUT2D eigenvalue weighted by atomic mass is 15.4. The molecular weight excluding hydrogens is 236 g/mol. The molecule has 0 spiro atoms. The summed E-state index contributed by atoms with van der Waals surface area (Å²) in [6, 6.07) is 0.733. The van der Waals surface area contributed by atoms with Crippen molar-refractivity contribution in [2.24, 2.45) is 7.05 Å². The van der Waals surface area contributed by atoms with Crippen molar-refractivity contribution in [3.8, 4) is 0 Å². The van der Waals surface area contributed by atoms with Crippen LogP contribution < -0.4 is 10.2 Å². The quantitative estimate of drug-likeness (QED) is 0.857. The molecular formula is C15H28N4. The molecule has 4 nitrogen and oxygen atoms in total. The molecule has 1 aromatic heterocycles. The Kier molecular flexibility index (Phi) is 3.90. The van der Waals surface area contributed by atoms with Crippen LogP contribution in [0.1, 0.15) is 51.3 Å². The Bertz CT molecular complexity index is 443. The van der Waals surface area contributed by atoms with Crippen molar-refractivity contribution in [1.82, 2.24) is 15.1 Å². The first kappa shape index (κ1) is 14.4. The number of nitrogens with one attached hydrogen (secondary N) is 1. The van der Waals surface area contributed by atoms with E-state index < -0.39 is 0 Å². The van der Waals surface area contributed by atoms with Crippen molar-refractivity contribution in [1.29, 1.82) is 0 Å². The maximum Gasteiger partial charge on any atom is 0.131 e. The molecule has 0 unspecified atom stereocenters. The van der Waals surface area contributed by atoms with Crippen LogP contribution in [0.3, 0.4) is 0 Å². The number of nitrogens with zero attached hydrogens (tertiary/aromatic N) is 3. The fraction of sp³-hybridized carbons (Fsp3) is 0.800. The maximum atomic E-state index is 4.61. The van der Waals surface area contributed by atoms with Crippen LogP contribution >= 0.6 is 0 Å². The van der Waals surface area contributed by atoms with Gasteiger partial charge in [-0.1, -0.05) is 6.92 Å². The molecule has 108 valence electrons. The van der Waals surface area contributed by atoms with E-state index in [1.165, 1.54) is 24.2 Å². The molecule has 1 heterocycles. The second-order valence-corrected chi connectivity index (χ2v) is 6.39. The number of aromatic nitrogens is 2. The third-order valence-corrected chi connectivity index (χ3v) is 4.55. The van der Waals surface area contributed by atoms with Gasteiger partial charge in [0.2, 0.25) is 0 Å². The first-order valence-electron chi connectivity index (χ1n) is 7.36. The van der Waals surface area contributed by atoms with Gasteiger partial charge < -0.3 is 10.2 Å². The summed E-state index contributed by atoms with van der Waals surface area (Å²) < 4.78 is 2.02. The zero-order valence-corrected chi connectivity index (χ0v) is 13.2. The van der Waals surface area contributed by atoms with Crippen LogP contribution in [0.4, 0.5) is 5.82 Å². The van der Waals surface area contributed by atoms with Gasteiger partial charge in [-0.2, -0.15) is 5.10 Å². The van der Waals surface area contributed by atoms with E-state index in [1.54, 1.807) is 0 Å². The second-order valence-electron chi connectivity index (χ2n) is 6.39. The Morgan fingerprint density at radius 1 is 1.42 bits per heavy atom. The lowest BCUT2D eigenvalue weighted by molar-refractivity contribution is 0.458. The fourth-order valence-corrected chi connectivity index (χ4v) is 2.37. The van der Waals surface area contributed by atoms with Crippen LogP contribution in [0.5, 0.6) is 0 Å². The average molecular weight is 264 g/mol. The van der Waals surface area contributed by atoms with E-state index in [9.17, 15) is 0 Å². The van der Waals surface area contributed by atoms with Gasteiger partial charge in [0, 0.05) is 37.8 Å². The van der Waals surface area contributed by atoms with E-state index in [1.807, 2.05) is 11.7 Å². The molecule has 1 aliphatic carbocycles. The van der Waals surface area contributed by atoms with Crippen molar-refractivity contribution >= 4 is 5.82 Å². The third-order valence-electron chi connectivity index (χ3n) is 4.55. The largest absolute Gasteiger partial charge is 0.355 e. The van der Waals surface area contributed by atoms with Crippen LogP contribution in [0.2, 0.25) is 0 Å². The molecule has 0 amide bonds. The van der Waals surface area contributed by atoms with Gasteiger partial charge in [0.05, 0.1) is 5.69 Å². The summed E-state index contributed by atoms with van der Waals surface area (Å²) in [5.74, 6) is 1.25. The Hall–Kier alpha value is -1.03. The smallest absolute Gasteiger partial charge is 0.131 e. The van der Waals surface area contributed by atoms with Gasteiger partial charge in [-0.3, -0.25) is 4.68 Å². The van der Waals surface area contributed by atoms with Gasteiger partial charge in [-0.15, -0.1) is 0 Å². The molecule has 0 atom stereocenters. The predicted molar refractivity (Wildman–Crippen MR) is 80.6 cm³/mol. The zero-order chi connectivity index (χ0) is 14.2. The van der Waals surface area contributed by atoms with E-state index in [-0.39, 0.29) is 5.54 Å². The van der Waals surface area contributed by atoms with Crippen molar-refractivity contribution in [2.45, 2.75) is 65.1 Å². The monoisotopic (exact) mass is 264 g/mol. The highest BCUT2D eigenvalue weighted by Crippen LogP contribution is 2.30. The Morgan fingerprint density at radius 2 is 2.05 bits per heavy atom. The van der Waals surface area contributed by atoms with Crippen LogP contribution in [0.15, 0.2) is 0 Å². The predicted octanol–water partition coefficient (Wildman–Crippen LogP) is 2.61. The third kappa shape index (κ3) is 2.94. The first-order valence-corrected chi connectivity index (χ1v) is 7.36. The van der Waals surface area contributed by atoms with E-state index in [2.05, 4.69) is 50.1 Å². The fourth-order valence-electron chi connectivity index (χ4n) is 2.37. The molecule has 0 aromatic carbocycles. The minimum atomic E-state index is 0.147. The molecule has 0 radical (unpaired) electrons. The van der Waals surface area contributed by atoms with Gasteiger partial charge in [-0.25, -0.2) is 0 Å². The molecule has 1 aliphatic rings. The lowest BCUT2D eigenvalue weighted by Gasteiger charge is -2.37. The minimum Gasteiger partial charge on any atom is -0.355 e. The molecule has 0 bridgehead atoms. The van der Waals surface area contributed by atoms with Gasteiger partial charge in [-0.05, 0) is 40.0 Å². The van der Waals surface area contributed by atoms with Crippen molar-refractivity contribution in [3.63, 3.8) is 0 Å². The van der Waals surface area contributed by atoms with E-state index in [4.69, 9.17) is 0 Å². The molecule has 0 saturated heterocycles. The second kappa shape index (κ2) is 5.16. The van der Waals surface area contributed by atoms with Crippen LogP contribution in [-0.4, -0.2) is 28.4 Å². The van der Waals surface area contributed by atoms with E-state index in [0.29, 0.717) is 0 Å². The number of rotatable bonds is 6. The standard InChI is InChI=1S/C15H28N4/c1-7-15(3,4)18(5)14-13(10-16-12-8-9-12)11(2)17-19(14)6/h12,16H,7-10H2,1-6H3. The molecule has 1 N–H and O–H groups in total. The summed E-state index contributed by atoms with van der Waals surface area (Å²) >= 11 is 0. The van der Waals surface area contributed by atoms with Crippen LogP contribution in [0, 0.1) is 6.92 Å². The molecule has 0 aliphatic heterocycles. The molecule has 2 rings (SSSR count). The van der Waals surface area contributed by atoms with Crippen LogP contribution in [-0.2, 0) is 13.6 Å². The Morgan fingerprint density at radius 3 is 2.58 bits per heavy atom. The zero-order valence-electron chi connectivity index (χ0n) is 13.2. The highest BCUT2D eigenvalue weighted by Gasteiger charge is 2.28. The molecule has 1 saturated carbocycles. The summed E-state index contributed by atoms with van der Waals surface area (Å²) in [4.78, 5) is 2.37. The molecule has 1 fully saturated rings. The summed E-state index contributed by atoms with van der Waals surface area (Å²) in [5.41, 5.74) is 2.64. The maximum absolute atomic E-state index is 4.61. The van der Waals surface area contributed by atoms with Crippen molar-refractivity contribution in [3.05, 3.63) is 11.3 Å². The van der Waals surface area contributed by atoms with Crippen LogP contribution in [0.25, 0.3) is 0 Å². The molecule has 4 heteroatoms. The van der Waals surface area contributed by atoms with Crippen molar-refractivity contribution in [2.75, 3.05) is 11.9 Å². The average Bonchev–Trinajstić information content (AvgIpc) is 3.12. The lowest BCUT2D eigenvalue weighted by atomic mass is 9.99. The SMILES string of the molecule is CCC(C)(C)N(C)c1c(CNC2CC2)c(C)nn1C. The molecule has 19 heavy (non-hydrogen) atoms. The Balaban J connectivity index is 2.26. The minimum absolute atomic E-state index is 0.147. The summed E-state index contributed by atoms with van der Waals surface area (Å²) in [6.45, 7) is 9.85. The Labute approximate surface area is 117 Å². The summed E-state index contributed by atoms with van der Waals surface area (Å²) in [5, 5.41) is 8.23. The lowest BCUT2D eigenvalue weighted by Crippen LogP contribution is -2.42. The normalized spacial score (nSPS) is 15.9. The number of hydrogen-bond donors (Lipinski definition) is 1. The number of aryl methyl sites for hydroxylation is 2. The van der Waals surface area contributed by atoms with Gasteiger partial charge in [0.1, 0.15) is 5.82 Å². The summed E-state index contributed by atoms with van der Waals surface area (Å²) in [6.07, 6.45) is 3.76. The first-order chi connectivity index (χ1) is 8.86. The summed E-state index contributed by atoms with van der Waals surface area (Å²) in [7, 11) is 4.23. The van der Waals surface area contributed by atoms with E-state index >= 15 is 0 Å².